The van der Waals surface area contributed by atoms with E-state index in [0.29, 0.717) is 0 Å². The van der Waals surface area contributed by atoms with E-state index >= 15 is 0 Å². The van der Waals surface area contributed by atoms with Crippen LogP contribution >= 0.6 is 8.58 Å². The van der Waals surface area contributed by atoms with Gasteiger partial charge in [-0.1, -0.05) is 57.2 Å². The van der Waals surface area contributed by atoms with Gasteiger partial charge in [0, 0.05) is 5.56 Å². The van der Waals surface area contributed by atoms with Gasteiger partial charge in [-0.3, -0.25) is 4.79 Å². The first kappa shape index (κ1) is 20.2. The van der Waals surface area contributed by atoms with Gasteiger partial charge in [-0.25, -0.2) is 0 Å². The molecule has 0 spiro atoms. The minimum atomic E-state index is 0. The Bertz CT molecular complexity index is 691. The second kappa shape index (κ2) is 7.81. The molecule has 2 rings (SSSR count). The van der Waals surface area contributed by atoms with Crippen LogP contribution in [0, 0.1) is 20.8 Å². The van der Waals surface area contributed by atoms with Crippen molar-refractivity contribution >= 4 is 38.3 Å². The fourth-order valence-corrected chi connectivity index (χ4v) is 3.88. The van der Waals surface area contributed by atoms with Gasteiger partial charge in [0.05, 0.1) is 0 Å². The number of aryl methyl sites for hydroxylation is 3. The predicted octanol–water partition coefficient (Wildman–Crippen LogP) is 4.41. The second-order valence-electron chi connectivity index (χ2n) is 7.00. The maximum absolute atomic E-state index is 12.8. The number of carbonyl (C=O) groups excluding carboxylic acids is 1. The summed E-state index contributed by atoms with van der Waals surface area (Å²) in [6, 6.07) is 12.5. The molecular weight excluding hydrogens is 294 g/mol. The number of rotatable bonds is 3. The van der Waals surface area contributed by atoms with Crippen LogP contribution in [0.1, 0.15) is 53.4 Å². The summed E-state index contributed by atoms with van der Waals surface area (Å²) in [5.74, 6) is 0. The van der Waals surface area contributed by atoms with Crippen molar-refractivity contribution in [3.63, 3.8) is 0 Å². The van der Waals surface area contributed by atoms with Crippen LogP contribution in [0.15, 0.2) is 36.4 Å². The molecule has 0 radical (unpaired) electrons. The molecule has 0 amide bonds. The van der Waals surface area contributed by atoms with Crippen LogP contribution in [0.3, 0.4) is 0 Å². The van der Waals surface area contributed by atoms with Crippen molar-refractivity contribution in [3.05, 3.63) is 64.2 Å². The Morgan fingerprint density at radius 2 is 1.43 bits per heavy atom. The van der Waals surface area contributed by atoms with Gasteiger partial charge in [-0.15, -0.1) is 0 Å². The summed E-state index contributed by atoms with van der Waals surface area (Å²) in [6.07, 6.45) is 0. The summed E-state index contributed by atoms with van der Waals surface area (Å²) in [4.78, 5) is 12.8. The quantitative estimate of drug-likeness (QED) is 0.605. The molecular formula is C20H26LiOP. The molecule has 0 fully saturated rings. The first-order valence-electron chi connectivity index (χ1n) is 7.69. The molecule has 1 nitrogen and oxygen atoms in total. The molecule has 0 aromatic heterocycles. The molecule has 1 atom stereocenters. The fraction of sp³-hybridized carbons (Fsp3) is 0.350. The molecule has 23 heavy (non-hydrogen) atoms. The number of hydrogen-bond donors (Lipinski definition) is 0. The van der Waals surface area contributed by atoms with E-state index in [0.717, 1.165) is 22.0 Å². The van der Waals surface area contributed by atoms with E-state index in [1.54, 1.807) is 0 Å². The normalized spacial score (nSPS) is 11.6. The molecule has 0 N–H and O–H groups in total. The average Bonchev–Trinajstić information content (AvgIpc) is 2.39. The molecule has 0 aliphatic carbocycles. The van der Waals surface area contributed by atoms with Gasteiger partial charge in [-0.2, -0.15) is 0 Å². The van der Waals surface area contributed by atoms with Crippen molar-refractivity contribution in [2.45, 2.75) is 47.0 Å². The van der Waals surface area contributed by atoms with E-state index in [1.807, 2.05) is 12.1 Å². The zero-order valence-corrected chi connectivity index (χ0v) is 15.4. The van der Waals surface area contributed by atoms with Crippen LogP contribution in [-0.4, -0.2) is 24.4 Å². The number of hydrogen-bond acceptors (Lipinski definition) is 1. The van der Waals surface area contributed by atoms with Gasteiger partial charge in [-0.05, 0) is 62.3 Å². The molecule has 2 aromatic rings. The van der Waals surface area contributed by atoms with Crippen LogP contribution in [0.2, 0.25) is 0 Å². The van der Waals surface area contributed by atoms with Crippen LogP contribution in [-0.2, 0) is 5.41 Å². The molecule has 118 valence electrons. The van der Waals surface area contributed by atoms with E-state index in [-0.39, 0.29) is 38.4 Å². The summed E-state index contributed by atoms with van der Waals surface area (Å²) in [5, 5.41) is 1.14. The number of benzene rings is 2. The molecule has 2 aromatic carbocycles. The maximum atomic E-state index is 12.8. The third kappa shape index (κ3) is 4.81. The van der Waals surface area contributed by atoms with E-state index in [4.69, 9.17) is 0 Å². The van der Waals surface area contributed by atoms with Crippen molar-refractivity contribution in [1.29, 1.82) is 0 Å². The summed E-state index contributed by atoms with van der Waals surface area (Å²) in [5.41, 5.74) is 5.91. The van der Waals surface area contributed by atoms with Crippen LogP contribution < -0.4 is 5.30 Å². The average molecular weight is 320 g/mol. The Kier molecular flexibility index (Phi) is 6.85. The molecule has 0 bridgehead atoms. The van der Waals surface area contributed by atoms with Gasteiger partial charge in [0.25, 0.3) is 0 Å². The van der Waals surface area contributed by atoms with Crippen LogP contribution in [0.4, 0.5) is 0 Å². The molecule has 1 unspecified atom stereocenters. The van der Waals surface area contributed by atoms with E-state index in [9.17, 15) is 4.79 Å². The van der Waals surface area contributed by atoms with Gasteiger partial charge >= 0.3 is 18.9 Å². The topological polar surface area (TPSA) is 17.1 Å². The standard InChI is InChI=1S/C20H25OP.Li.H/c1-13-9-7-8-10-17(13)22-19(21)18-14(2)11-16(12-15(18)3)20(4,5)6;;/h7-12,22H,1-6H3;;. The summed E-state index contributed by atoms with van der Waals surface area (Å²) in [6.45, 7) is 12.8. The third-order valence-corrected chi connectivity index (χ3v) is 5.33. The van der Waals surface area contributed by atoms with Gasteiger partial charge in [0.15, 0.2) is 5.52 Å². The van der Waals surface area contributed by atoms with Crippen molar-refractivity contribution in [1.82, 2.24) is 0 Å². The summed E-state index contributed by atoms with van der Waals surface area (Å²) < 4.78 is 0. The Hall–Kier alpha value is -0.863. The van der Waals surface area contributed by atoms with E-state index < -0.39 is 0 Å². The Labute approximate surface area is 154 Å². The minimum absolute atomic E-state index is 0. The van der Waals surface area contributed by atoms with Crippen molar-refractivity contribution in [3.8, 4) is 0 Å². The summed E-state index contributed by atoms with van der Waals surface area (Å²) >= 11 is 0. The first-order chi connectivity index (χ1) is 10.2. The number of carbonyl (C=O) groups is 1. The molecule has 0 saturated carbocycles. The third-order valence-electron chi connectivity index (χ3n) is 4.02. The van der Waals surface area contributed by atoms with Crippen molar-refractivity contribution in [2.75, 3.05) is 0 Å². The molecule has 0 heterocycles. The second-order valence-corrected chi connectivity index (χ2v) is 8.25. The van der Waals surface area contributed by atoms with Crippen LogP contribution in [0.5, 0.6) is 0 Å². The SMILES string of the molecule is Cc1ccccc1PC(=O)c1c(C)cc(C(C)(C)C)cc1C.[LiH]. The molecule has 0 aliphatic heterocycles. The van der Waals surface area contributed by atoms with Crippen LogP contribution in [0.25, 0.3) is 0 Å². The molecule has 0 aliphatic rings. The fourth-order valence-electron chi connectivity index (χ4n) is 2.65. The Morgan fingerprint density at radius 1 is 0.913 bits per heavy atom. The Balaban J connectivity index is 0.00000264. The van der Waals surface area contributed by atoms with Gasteiger partial charge in [0.2, 0.25) is 0 Å². The molecule has 0 saturated heterocycles. The van der Waals surface area contributed by atoms with Crippen molar-refractivity contribution in [2.24, 2.45) is 0 Å². The van der Waals surface area contributed by atoms with E-state index in [2.05, 4.69) is 65.8 Å². The zero-order valence-electron chi connectivity index (χ0n) is 14.4. The van der Waals surface area contributed by atoms with Crippen molar-refractivity contribution < 1.29 is 4.79 Å². The zero-order chi connectivity index (χ0) is 16.5. The first-order valence-corrected chi connectivity index (χ1v) is 8.69. The van der Waals surface area contributed by atoms with E-state index in [1.165, 1.54) is 11.1 Å². The Morgan fingerprint density at radius 3 is 1.91 bits per heavy atom. The predicted molar refractivity (Wildman–Crippen MR) is 105 cm³/mol. The monoisotopic (exact) mass is 320 g/mol. The van der Waals surface area contributed by atoms with Gasteiger partial charge < -0.3 is 0 Å². The summed E-state index contributed by atoms with van der Waals surface area (Å²) in [7, 11) is 0.192. The molecule has 3 heteroatoms. The van der Waals surface area contributed by atoms with Gasteiger partial charge in [0.1, 0.15) is 0 Å².